The van der Waals surface area contributed by atoms with E-state index in [1.165, 1.54) is 0 Å². The van der Waals surface area contributed by atoms with E-state index in [0.717, 1.165) is 10.4 Å². The van der Waals surface area contributed by atoms with E-state index in [2.05, 4.69) is 5.43 Å². The number of carbonyl (C=O) groups excluding carboxylic acids is 3. The third-order valence-corrected chi connectivity index (χ3v) is 4.27. The summed E-state index contributed by atoms with van der Waals surface area (Å²) in [6.07, 6.45) is 0. The van der Waals surface area contributed by atoms with Gasteiger partial charge in [0.15, 0.2) is 0 Å². The number of carbonyl (C=O) groups is 3. The van der Waals surface area contributed by atoms with Crippen LogP contribution in [-0.4, -0.2) is 47.3 Å². The molecule has 24 heavy (non-hydrogen) atoms. The second-order valence-electron chi connectivity index (χ2n) is 5.65. The minimum Gasteiger partial charge on any atom is -0.295 e. The van der Waals surface area contributed by atoms with Crippen molar-refractivity contribution < 1.29 is 14.4 Å². The largest absolute Gasteiger partial charge is 0.295 e. The van der Waals surface area contributed by atoms with Gasteiger partial charge in [-0.1, -0.05) is 38.1 Å². The molecule has 0 fully saturated rings. The summed E-state index contributed by atoms with van der Waals surface area (Å²) < 4.78 is 0. The van der Waals surface area contributed by atoms with E-state index in [4.69, 9.17) is 0 Å². The summed E-state index contributed by atoms with van der Waals surface area (Å²) in [5, 5.41) is 2.30. The maximum atomic E-state index is 12.7. The van der Waals surface area contributed by atoms with Crippen LogP contribution in [0, 0.1) is 0 Å². The zero-order valence-electron chi connectivity index (χ0n) is 13.7. The van der Waals surface area contributed by atoms with Crippen molar-refractivity contribution in [2.75, 3.05) is 19.6 Å². The average molecular weight is 325 g/mol. The molecule has 0 bridgehead atoms. The first-order chi connectivity index (χ1) is 11.6. The molecule has 2 aromatic rings. The molecule has 6 nitrogen and oxygen atoms in total. The van der Waals surface area contributed by atoms with E-state index in [9.17, 15) is 14.4 Å². The van der Waals surface area contributed by atoms with Crippen molar-refractivity contribution in [3.05, 3.63) is 47.5 Å². The third-order valence-electron chi connectivity index (χ3n) is 4.27. The van der Waals surface area contributed by atoms with E-state index in [1.807, 2.05) is 30.9 Å². The van der Waals surface area contributed by atoms with Crippen molar-refractivity contribution in [2.45, 2.75) is 13.8 Å². The first-order valence-electron chi connectivity index (χ1n) is 7.99. The fraction of sp³-hybridized carbons (Fsp3) is 0.278. The molecule has 124 valence electrons. The van der Waals surface area contributed by atoms with Crippen LogP contribution in [0.1, 0.15) is 34.6 Å². The Kier molecular flexibility index (Phi) is 4.31. The van der Waals surface area contributed by atoms with Crippen molar-refractivity contribution in [3.63, 3.8) is 0 Å². The van der Waals surface area contributed by atoms with Crippen LogP contribution in [0.15, 0.2) is 36.4 Å². The molecule has 0 saturated heterocycles. The Balaban J connectivity index is 1.91. The van der Waals surface area contributed by atoms with Gasteiger partial charge in [0.2, 0.25) is 0 Å². The number of hydrogen-bond acceptors (Lipinski definition) is 4. The van der Waals surface area contributed by atoms with Crippen LogP contribution in [0.3, 0.4) is 0 Å². The number of hydrogen-bond donors (Lipinski definition) is 1. The molecule has 1 aliphatic rings. The number of likely N-dealkylation sites (N-methyl/N-ethyl adjacent to an activating group) is 1. The number of hydrazine groups is 1. The molecule has 1 heterocycles. The molecule has 1 aliphatic heterocycles. The van der Waals surface area contributed by atoms with Gasteiger partial charge in [-0.15, -0.1) is 0 Å². The second-order valence-corrected chi connectivity index (χ2v) is 5.65. The number of imide groups is 1. The van der Waals surface area contributed by atoms with Crippen molar-refractivity contribution >= 4 is 28.5 Å². The monoisotopic (exact) mass is 325 g/mol. The van der Waals surface area contributed by atoms with Gasteiger partial charge in [-0.25, -0.2) is 0 Å². The molecule has 0 atom stereocenters. The maximum Gasteiger partial charge on any atom is 0.280 e. The van der Waals surface area contributed by atoms with Crippen molar-refractivity contribution in [1.82, 2.24) is 15.3 Å². The van der Waals surface area contributed by atoms with Crippen LogP contribution in [0.25, 0.3) is 10.8 Å². The summed E-state index contributed by atoms with van der Waals surface area (Å²) in [7, 11) is 0. The molecule has 2 aromatic carbocycles. The highest BCUT2D eigenvalue weighted by Gasteiger charge is 2.34. The summed E-state index contributed by atoms with van der Waals surface area (Å²) in [4.78, 5) is 39.4. The first-order valence-corrected chi connectivity index (χ1v) is 7.99. The molecule has 6 heteroatoms. The number of amides is 3. The Morgan fingerprint density at radius 3 is 2.04 bits per heavy atom. The number of benzene rings is 2. The maximum absolute atomic E-state index is 12.7. The Morgan fingerprint density at radius 2 is 1.54 bits per heavy atom. The SMILES string of the molecule is CCN(CC)CC(=O)NN1C(=O)c2cccc3cccc(c23)C1=O. The van der Waals surface area contributed by atoms with Gasteiger partial charge in [0.25, 0.3) is 17.7 Å². The lowest BCUT2D eigenvalue weighted by Crippen LogP contribution is -2.53. The zero-order chi connectivity index (χ0) is 17.3. The van der Waals surface area contributed by atoms with Crippen molar-refractivity contribution in [1.29, 1.82) is 0 Å². The number of nitrogens with one attached hydrogen (secondary N) is 1. The minimum absolute atomic E-state index is 0.135. The zero-order valence-corrected chi connectivity index (χ0v) is 13.7. The Morgan fingerprint density at radius 1 is 1.00 bits per heavy atom. The second kappa shape index (κ2) is 6.41. The van der Waals surface area contributed by atoms with Crippen LogP contribution in [0.4, 0.5) is 0 Å². The Bertz CT molecular complexity index is 777. The normalized spacial score (nSPS) is 13.7. The lowest BCUT2D eigenvalue weighted by molar-refractivity contribution is -0.125. The molecule has 0 radical (unpaired) electrons. The Labute approximate surface area is 140 Å². The summed E-state index contributed by atoms with van der Waals surface area (Å²) >= 11 is 0. The molecular formula is C18H19N3O3. The smallest absolute Gasteiger partial charge is 0.280 e. The van der Waals surface area contributed by atoms with Crippen LogP contribution in [0.2, 0.25) is 0 Å². The molecule has 0 aromatic heterocycles. The standard InChI is InChI=1S/C18H19N3O3/c1-3-20(4-2)11-15(22)19-21-17(23)13-9-5-7-12-8-6-10-14(16(12)13)18(21)24/h5-10H,3-4,11H2,1-2H3,(H,19,22). The quantitative estimate of drug-likeness (QED) is 0.851. The highest BCUT2D eigenvalue weighted by molar-refractivity contribution is 6.25. The fourth-order valence-electron chi connectivity index (χ4n) is 2.94. The van der Waals surface area contributed by atoms with E-state index < -0.39 is 11.8 Å². The first kappa shape index (κ1) is 16.1. The molecule has 3 amide bonds. The van der Waals surface area contributed by atoms with Crippen LogP contribution >= 0.6 is 0 Å². The van der Waals surface area contributed by atoms with Crippen LogP contribution in [0.5, 0.6) is 0 Å². The van der Waals surface area contributed by atoms with Gasteiger partial charge in [-0.05, 0) is 30.6 Å². The highest BCUT2D eigenvalue weighted by atomic mass is 16.2. The van der Waals surface area contributed by atoms with Gasteiger partial charge in [-0.3, -0.25) is 24.7 Å². The third kappa shape index (κ3) is 2.65. The van der Waals surface area contributed by atoms with E-state index in [-0.39, 0.29) is 12.5 Å². The van der Waals surface area contributed by atoms with Gasteiger partial charge >= 0.3 is 0 Å². The summed E-state index contributed by atoms with van der Waals surface area (Å²) in [5.74, 6) is -1.39. The van der Waals surface area contributed by atoms with Gasteiger partial charge in [-0.2, -0.15) is 5.01 Å². The fourth-order valence-corrected chi connectivity index (χ4v) is 2.94. The predicted octanol–water partition coefficient (Wildman–Crippen LogP) is 1.81. The van der Waals surface area contributed by atoms with E-state index in [1.54, 1.807) is 24.3 Å². The molecule has 3 rings (SSSR count). The van der Waals surface area contributed by atoms with Crippen LogP contribution < -0.4 is 5.43 Å². The predicted molar refractivity (Wildman–Crippen MR) is 90.4 cm³/mol. The molecule has 1 N–H and O–H groups in total. The topological polar surface area (TPSA) is 69.7 Å². The summed E-state index contributed by atoms with van der Waals surface area (Å²) in [6.45, 7) is 5.47. The van der Waals surface area contributed by atoms with Crippen LogP contribution in [-0.2, 0) is 4.79 Å². The van der Waals surface area contributed by atoms with E-state index >= 15 is 0 Å². The Hall–Kier alpha value is -2.73. The van der Waals surface area contributed by atoms with Gasteiger partial charge < -0.3 is 0 Å². The van der Waals surface area contributed by atoms with Gasteiger partial charge in [0, 0.05) is 5.39 Å². The molecule has 0 spiro atoms. The van der Waals surface area contributed by atoms with Crippen molar-refractivity contribution in [3.8, 4) is 0 Å². The summed E-state index contributed by atoms with van der Waals surface area (Å²) in [5.41, 5.74) is 3.30. The molecule has 0 aliphatic carbocycles. The molecule has 0 saturated carbocycles. The highest BCUT2D eigenvalue weighted by Crippen LogP contribution is 2.29. The lowest BCUT2D eigenvalue weighted by atomic mass is 9.95. The summed E-state index contributed by atoms with van der Waals surface area (Å²) in [6, 6.07) is 10.6. The van der Waals surface area contributed by atoms with Gasteiger partial charge in [0.1, 0.15) is 0 Å². The number of nitrogens with zero attached hydrogens (tertiary/aromatic N) is 2. The van der Waals surface area contributed by atoms with E-state index in [0.29, 0.717) is 29.6 Å². The van der Waals surface area contributed by atoms with Crippen molar-refractivity contribution in [2.24, 2.45) is 0 Å². The minimum atomic E-state index is -0.503. The molecule has 0 unspecified atom stereocenters. The number of rotatable bonds is 5. The molecular weight excluding hydrogens is 306 g/mol. The average Bonchev–Trinajstić information content (AvgIpc) is 2.61. The lowest BCUT2D eigenvalue weighted by Gasteiger charge is -2.28. The van der Waals surface area contributed by atoms with Gasteiger partial charge in [0.05, 0.1) is 17.7 Å².